The quantitative estimate of drug-likeness (QED) is 0.0507. The number of amides is 3. The summed E-state index contributed by atoms with van der Waals surface area (Å²) in [7, 11) is 0. The molecular formula is C45H75N3O32. The summed E-state index contributed by atoms with van der Waals surface area (Å²) in [6.45, 7) is -1.03. The molecule has 6 rings (SSSR count). The SMILES string of the molecule is CC(=O)N[C@H]1[C@H](OC[C@H]2OC[C@H](NC(C)=O)[C@@H](O[C@@H]3O[C@H](CO)[C@H](O)[C@H](O)[C@H]3O)[C@H]2O)O[C@H](CO)[C@@H](O[C@@H]2O[C@H](CO)[C@H](O)[C@H](O[C@]3(C(=O)O)C[C@H](O)[C@@H](NC(C)=O)[C@H]([C@H](O)[C@H](O)CO)O3)[C@H]2O)[C@@H]1O[C@@H]1O[C@@H](C)[C@@H](O)[C@@H](O)[C@@H]1O. The Balaban J connectivity index is 1.32. The molecular weight excluding hydrogens is 1090 g/mol. The Bertz CT molecular complexity index is 2040. The first-order valence-electron chi connectivity index (χ1n) is 25.5. The lowest BCUT2D eigenvalue weighted by atomic mass is 9.88. The van der Waals surface area contributed by atoms with Crippen molar-refractivity contribution in [1.29, 1.82) is 0 Å². The highest BCUT2D eigenvalue weighted by Gasteiger charge is 2.61. The van der Waals surface area contributed by atoms with Gasteiger partial charge in [0.05, 0.1) is 63.9 Å². The van der Waals surface area contributed by atoms with Gasteiger partial charge in [0.1, 0.15) is 128 Å². The number of carboxylic acid groups (broad SMARTS) is 1. The van der Waals surface area contributed by atoms with E-state index in [9.17, 15) is 106 Å². The Labute approximate surface area is 454 Å². The zero-order valence-electron chi connectivity index (χ0n) is 43.4. The van der Waals surface area contributed by atoms with Gasteiger partial charge < -0.3 is 155 Å². The molecule has 0 saturated carbocycles. The van der Waals surface area contributed by atoms with Crippen LogP contribution in [0, 0.1) is 0 Å². The van der Waals surface area contributed by atoms with Crippen molar-refractivity contribution in [3.8, 4) is 0 Å². The van der Waals surface area contributed by atoms with Gasteiger partial charge in [-0.05, 0) is 6.92 Å². The van der Waals surface area contributed by atoms with Gasteiger partial charge in [-0.2, -0.15) is 0 Å². The number of carboxylic acids is 1. The van der Waals surface area contributed by atoms with Gasteiger partial charge in [0.15, 0.2) is 25.2 Å². The van der Waals surface area contributed by atoms with E-state index in [2.05, 4.69) is 16.0 Å². The minimum absolute atomic E-state index is 0.442. The number of hydrogen-bond acceptors (Lipinski definition) is 31. The molecule has 6 fully saturated rings. The Morgan fingerprint density at radius 2 is 1.06 bits per heavy atom. The molecule has 0 spiro atoms. The molecule has 30 atom stereocenters. The lowest BCUT2D eigenvalue weighted by molar-refractivity contribution is -0.391. The van der Waals surface area contributed by atoms with Crippen molar-refractivity contribution in [3.05, 3.63) is 0 Å². The summed E-state index contributed by atoms with van der Waals surface area (Å²) in [5.74, 6) is -7.64. The van der Waals surface area contributed by atoms with Gasteiger partial charge in [-0.1, -0.05) is 0 Å². The van der Waals surface area contributed by atoms with Crippen LogP contribution in [0.1, 0.15) is 34.1 Å². The van der Waals surface area contributed by atoms with Gasteiger partial charge in [0.2, 0.25) is 17.7 Å². The van der Waals surface area contributed by atoms with E-state index in [0.29, 0.717) is 0 Å². The number of nitrogens with one attached hydrogen (secondary N) is 3. The lowest BCUT2D eigenvalue weighted by Crippen LogP contribution is -2.71. The first kappa shape index (κ1) is 65.9. The summed E-state index contributed by atoms with van der Waals surface area (Å²) in [6.07, 6.45) is -51.2. The molecule has 0 aromatic rings. The van der Waals surface area contributed by atoms with Crippen molar-refractivity contribution < 1.29 is 158 Å². The van der Waals surface area contributed by atoms with Crippen LogP contribution in [0.5, 0.6) is 0 Å². The summed E-state index contributed by atoms with van der Waals surface area (Å²) in [5, 5.41) is 190. The van der Waals surface area contributed by atoms with E-state index in [1.807, 2.05) is 0 Å². The molecule has 0 aromatic carbocycles. The Hall–Kier alpha value is -3.20. The highest BCUT2D eigenvalue weighted by Crippen LogP contribution is 2.40. The minimum atomic E-state index is -3.22. The average molecular weight is 1170 g/mol. The number of carbonyl (C=O) groups excluding carboxylic acids is 3. The van der Waals surface area contributed by atoms with E-state index in [0.717, 1.165) is 20.8 Å². The first-order valence-corrected chi connectivity index (χ1v) is 25.5. The van der Waals surface area contributed by atoms with Crippen LogP contribution in [0.3, 0.4) is 0 Å². The third-order valence-electron chi connectivity index (χ3n) is 14.5. The minimum Gasteiger partial charge on any atom is -0.477 e. The van der Waals surface area contributed by atoms with Crippen molar-refractivity contribution in [3.63, 3.8) is 0 Å². The van der Waals surface area contributed by atoms with Crippen molar-refractivity contribution in [2.75, 3.05) is 39.6 Å². The maximum absolute atomic E-state index is 13.2. The fourth-order valence-corrected chi connectivity index (χ4v) is 10.2. The largest absolute Gasteiger partial charge is 0.477 e. The fraction of sp³-hybridized carbons (Fsp3) is 0.911. The van der Waals surface area contributed by atoms with Gasteiger partial charge in [0.25, 0.3) is 5.79 Å². The third kappa shape index (κ3) is 14.5. The lowest BCUT2D eigenvalue weighted by Gasteiger charge is -2.52. The molecule has 35 nitrogen and oxygen atoms in total. The molecule has 6 saturated heterocycles. The van der Waals surface area contributed by atoms with Gasteiger partial charge in [0, 0.05) is 27.2 Å². The van der Waals surface area contributed by atoms with Crippen molar-refractivity contribution in [1.82, 2.24) is 16.0 Å². The van der Waals surface area contributed by atoms with Crippen LogP contribution in [0.15, 0.2) is 0 Å². The van der Waals surface area contributed by atoms with Gasteiger partial charge in [-0.3, -0.25) is 14.4 Å². The summed E-state index contributed by atoms with van der Waals surface area (Å²) >= 11 is 0. The van der Waals surface area contributed by atoms with E-state index >= 15 is 0 Å². The van der Waals surface area contributed by atoms with Crippen LogP contribution in [0.4, 0.5) is 0 Å². The molecule has 80 heavy (non-hydrogen) atoms. The predicted octanol–water partition coefficient (Wildman–Crippen LogP) is -12.8. The highest BCUT2D eigenvalue weighted by molar-refractivity contribution is 5.77. The second-order valence-corrected chi connectivity index (χ2v) is 20.3. The molecule has 6 aliphatic heterocycles. The van der Waals surface area contributed by atoms with Crippen LogP contribution >= 0.6 is 0 Å². The summed E-state index contributed by atoms with van der Waals surface area (Å²) in [5.41, 5.74) is 0. The molecule has 6 aliphatic rings. The first-order chi connectivity index (χ1) is 37.6. The number of ether oxygens (including phenoxy) is 11. The average Bonchev–Trinajstić information content (AvgIpc) is 3.40. The van der Waals surface area contributed by atoms with Gasteiger partial charge in [-0.25, -0.2) is 4.79 Å². The smallest absolute Gasteiger partial charge is 0.364 e. The molecule has 0 aromatic heterocycles. The van der Waals surface area contributed by atoms with Crippen molar-refractivity contribution in [2.45, 2.75) is 217 Å². The molecule has 3 amide bonds. The fourth-order valence-electron chi connectivity index (χ4n) is 10.2. The Morgan fingerprint density at radius 1 is 0.562 bits per heavy atom. The number of aliphatic carboxylic acids is 1. The van der Waals surface area contributed by atoms with E-state index in [1.165, 1.54) is 6.92 Å². The van der Waals surface area contributed by atoms with E-state index in [1.54, 1.807) is 0 Å². The van der Waals surface area contributed by atoms with E-state index in [-0.39, 0.29) is 0 Å². The molecule has 0 bridgehead atoms. The molecule has 462 valence electrons. The Kier molecular flexibility index (Phi) is 23.2. The number of aliphatic hydroxyl groups is 16. The molecule has 0 radical (unpaired) electrons. The second kappa shape index (κ2) is 28.1. The van der Waals surface area contributed by atoms with Crippen molar-refractivity contribution >= 4 is 23.7 Å². The molecule has 0 unspecified atom stereocenters. The maximum atomic E-state index is 13.2. The third-order valence-corrected chi connectivity index (χ3v) is 14.5. The normalized spacial score (nSPS) is 46.2. The topological polar surface area (TPSA) is 550 Å². The van der Waals surface area contributed by atoms with E-state index in [4.69, 9.17) is 52.1 Å². The van der Waals surface area contributed by atoms with Crippen LogP contribution in [0.2, 0.25) is 0 Å². The number of carbonyl (C=O) groups is 4. The van der Waals surface area contributed by atoms with Crippen LogP contribution in [-0.4, -0.2) is 334 Å². The van der Waals surface area contributed by atoms with Crippen LogP contribution in [0.25, 0.3) is 0 Å². The van der Waals surface area contributed by atoms with Crippen molar-refractivity contribution in [2.24, 2.45) is 0 Å². The summed E-state index contributed by atoms with van der Waals surface area (Å²) in [4.78, 5) is 50.6. The molecule has 35 heteroatoms. The monoisotopic (exact) mass is 1170 g/mol. The molecule has 20 N–H and O–H groups in total. The number of aliphatic hydroxyl groups excluding tert-OH is 16. The van der Waals surface area contributed by atoms with E-state index < -0.39 is 253 Å². The maximum Gasteiger partial charge on any atom is 0.364 e. The standard InChI is InChI=1S/C45H75N3O32/c1-12-25(58)30(63)32(65)41(72-12)78-38-24(48-15(4)55)40(71-11-22-29(62)35(16(10-70-22)46-13(2)53)76-42-33(66)31(64)27(60)19(7-50)73-42)75-21(9-52)36(38)77-43-34(67)39(28(61)20(8-51)74-43)80-45(44(68)69)5-17(56)23(47-14(3)54)37(79-45)26(59)18(57)6-49/h12,16-43,49-52,56-67H,5-11H2,1-4H3,(H,46,53)(H,47,54)(H,48,55)(H,68,69)/t12-,16-,17-,18+,19+,20+,21+,22+,23+,24+,25+,26+,27-,28-,29-,30+,31-,32-,33+,34+,35+,36+,37+,38+,39-,40+,41-,42-,43-,45-/m0/s1. The number of hydrogen-bond donors (Lipinski definition) is 20. The Morgan fingerprint density at radius 3 is 1.62 bits per heavy atom. The zero-order valence-corrected chi connectivity index (χ0v) is 43.4. The summed E-state index contributed by atoms with van der Waals surface area (Å²) in [6, 6.07) is -4.63. The molecule has 6 heterocycles. The molecule has 0 aliphatic carbocycles. The van der Waals surface area contributed by atoms with Gasteiger partial charge in [-0.15, -0.1) is 0 Å². The van der Waals surface area contributed by atoms with Crippen LogP contribution in [-0.2, 0) is 71.3 Å². The number of rotatable bonds is 21. The van der Waals surface area contributed by atoms with Gasteiger partial charge >= 0.3 is 5.97 Å². The second-order valence-electron chi connectivity index (χ2n) is 20.3. The van der Waals surface area contributed by atoms with Crippen LogP contribution < -0.4 is 16.0 Å². The predicted molar refractivity (Wildman–Crippen MR) is 249 cm³/mol. The summed E-state index contributed by atoms with van der Waals surface area (Å²) < 4.78 is 64.7. The zero-order chi connectivity index (χ0) is 59.4. The highest BCUT2D eigenvalue weighted by atomic mass is 16.8.